The van der Waals surface area contributed by atoms with E-state index in [1.54, 1.807) is 18.2 Å². The van der Waals surface area contributed by atoms with E-state index < -0.39 is 0 Å². The largest absolute Gasteiger partial charge is 0.351 e. The number of nitrogens with zero attached hydrogens (tertiary/aromatic N) is 1. The van der Waals surface area contributed by atoms with Crippen LogP contribution in [0.25, 0.3) is 0 Å². The molecule has 1 atom stereocenters. The van der Waals surface area contributed by atoms with Gasteiger partial charge in [0.25, 0.3) is 0 Å². The van der Waals surface area contributed by atoms with Crippen molar-refractivity contribution in [2.75, 3.05) is 19.6 Å². The normalized spacial score (nSPS) is 21.0. The molecule has 3 N–H and O–H groups in total. The van der Waals surface area contributed by atoms with E-state index in [4.69, 9.17) is 5.73 Å². The average molecular weight is 330 g/mol. The molecule has 1 aromatic rings. The van der Waals surface area contributed by atoms with Crippen molar-refractivity contribution in [3.05, 3.63) is 35.6 Å². The van der Waals surface area contributed by atoms with E-state index in [-0.39, 0.29) is 42.1 Å². The second-order valence-corrected chi connectivity index (χ2v) is 6.46. The minimum absolute atomic E-state index is 0. The van der Waals surface area contributed by atoms with Crippen LogP contribution in [-0.4, -0.2) is 36.5 Å². The topological polar surface area (TPSA) is 58.4 Å². The molecule has 1 fully saturated rings. The lowest BCUT2D eigenvalue weighted by Gasteiger charge is -2.42. The number of carbonyl (C=O) groups is 1. The summed E-state index contributed by atoms with van der Waals surface area (Å²) in [6.45, 7) is 6.45. The number of likely N-dealkylation sites (tertiary alicyclic amines) is 1. The molecule has 0 aromatic heterocycles. The van der Waals surface area contributed by atoms with Gasteiger partial charge in [-0.25, -0.2) is 4.39 Å². The lowest BCUT2D eigenvalue weighted by atomic mass is 9.80. The maximum atomic E-state index is 13.5. The van der Waals surface area contributed by atoms with Gasteiger partial charge in [-0.2, -0.15) is 0 Å². The molecular weight excluding hydrogens is 305 g/mol. The van der Waals surface area contributed by atoms with Gasteiger partial charge in [0.1, 0.15) is 5.82 Å². The summed E-state index contributed by atoms with van der Waals surface area (Å²) in [6, 6.07) is 6.66. The number of carbonyl (C=O) groups excluding carboxylic acids is 1. The van der Waals surface area contributed by atoms with Crippen LogP contribution in [0.5, 0.6) is 0 Å². The van der Waals surface area contributed by atoms with Gasteiger partial charge in [0.15, 0.2) is 0 Å². The summed E-state index contributed by atoms with van der Waals surface area (Å²) in [6.07, 6.45) is 0.896. The van der Waals surface area contributed by atoms with Crippen molar-refractivity contribution < 1.29 is 9.18 Å². The predicted molar refractivity (Wildman–Crippen MR) is 88.3 cm³/mol. The Hall–Kier alpha value is -1.17. The molecule has 0 saturated carbocycles. The lowest BCUT2D eigenvalue weighted by Crippen LogP contribution is -2.54. The maximum Gasteiger partial charge on any atom is 0.234 e. The summed E-state index contributed by atoms with van der Waals surface area (Å²) in [5, 5.41) is 2.77. The van der Waals surface area contributed by atoms with E-state index >= 15 is 0 Å². The molecule has 124 valence electrons. The van der Waals surface area contributed by atoms with Crippen molar-refractivity contribution in [3.63, 3.8) is 0 Å². The molecule has 0 aliphatic carbocycles. The highest BCUT2D eigenvalue weighted by Crippen LogP contribution is 2.27. The monoisotopic (exact) mass is 329 g/mol. The summed E-state index contributed by atoms with van der Waals surface area (Å²) in [5.74, 6) is -0.368. The van der Waals surface area contributed by atoms with Gasteiger partial charge in [0.2, 0.25) is 5.91 Å². The molecule has 0 spiro atoms. The molecular formula is C16H25ClFN3O. The Balaban J connectivity index is 0.00000242. The minimum atomic E-state index is -0.289. The van der Waals surface area contributed by atoms with Crippen LogP contribution >= 0.6 is 12.4 Å². The van der Waals surface area contributed by atoms with Crippen LogP contribution in [0.3, 0.4) is 0 Å². The maximum absolute atomic E-state index is 13.5. The van der Waals surface area contributed by atoms with Crippen molar-refractivity contribution in [2.45, 2.75) is 32.9 Å². The lowest BCUT2D eigenvalue weighted by molar-refractivity contribution is -0.123. The number of halogens is 2. The van der Waals surface area contributed by atoms with Crippen LogP contribution in [0.2, 0.25) is 0 Å². The van der Waals surface area contributed by atoms with Gasteiger partial charge >= 0.3 is 0 Å². The van der Waals surface area contributed by atoms with E-state index in [9.17, 15) is 9.18 Å². The first-order valence-electron chi connectivity index (χ1n) is 7.36. The van der Waals surface area contributed by atoms with Crippen LogP contribution in [0.1, 0.15) is 25.8 Å². The zero-order valence-corrected chi connectivity index (χ0v) is 14.0. The first kappa shape index (κ1) is 18.9. The molecule has 0 bridgehead atoms. The third-order valence-electron chi connectivity index (χ3n) is 4.19. The fourth-order valence-corrected chi connectivity index (χ4v) is 2.71. The SMILES string of the molecule is CC1(C)CN(CC(=O)NCc2ccccc2F)CCC1N.Cl. The Morgan fingerprint density at radius 3 is 2.77 bits per heavy atom. The Labute approximate surface area is 137 Å². The molecule has 4 nitrogen and oxygen atoms in total. The van der Waals surface area contributed by atoms with E-state index in [0.717, 1.165) is 19.5 Å². The van der Waals surface area contributed by atoms with E-state index in [1.165, 1.54) is 6.07 Å². The molecule has 1 heterocycles. The fourth-order valence-electron chi connectivity index (χ4n) is 2.71. The van der Waals surface area contributed by atoms with Crippen LogP contribution in [0.4, 0.5) is 4.39 Å². The number of amides is 1. The smallest absolute Gasteiger partial charge is 0.234 e. The molecule has 1 aliphatic heterocycles. The van der Waals surface area contributed by atoms with Gasteiger partial charge in [-0.05, 0) is 17.9 Å². The number of piperidine rings is 1. The first-order chi connectivity index (χ1) is 9.88. The van der Waals surface area contributed by atoms with Gasteiger partial charge in [0, 0.05) is 31.2 Å². The number of hydrogen-bond donors (Lipinski definition) is 2. The molecule has 1 aromatic carbocycles. The summed E-state index contributed by atoms with van der Waals surface area (Å²) in [4.78, 5) is 14.1. The highest BCUT2D eigenvalue weighted by atomic mass is 35.5. The number of hydrogen-bond acceptors (Lipinski definition) is 3. The third-order valence-corrected chi connectivity index (χ3v) is 4.19. The molecule has 1 unspecified atom stereocenters. The van der Waals surface area contributed by atoms with Crippen molar-refractivity contribution in [2.24, 2.45) is 11.1 Å². The summed E-state index contributed by atoms with van der Waals surface area (Å²) < 4.78 is 13.5. The quantitative estimate of drug-likeness (QED) is 0.887. The summed E-state index contributed by atoms with van der Waals surface area (Å²) in [7, 11) is 0. The molecule has 22 heavy (non-hydrogen) atoms. The van der Waals surface area contributed by atoms with Crippen LogP contribution in [0, 0.1) is 11.2 Å². The highest BCUT2D eigenvalue weighted by molar-refractivity contribution is 5.85. The van der Waals surface area contributed by atoms with Crippen LogP contribution in [-0.2, 0) is 11.3 Å². The molecule has 0 radical (unpaired) electrons. The molecule has 6 heteroatoms. The molecule has 2 rings (SSSR count). The molecule has 1 saturated heterocycles. The Bertz CT molecular complexity index is 510. The number of nitrogens with two attached hydrogens (primary N) is 1. The first-order valence-corrected chi connectivity index (χ1v) is 7.36. The van der Waals surface area contributed by atoms with E-state index in [1.807, 2.05) is 0 Å². The van der Waals surface area contributed by atoms with Crippen molar-refractivity contribution in [1.29, 1.82) is 0 Å². The van der Waals surface area contributed by atoms with Crippen LogP contribution in [0.15, 0.2) is 24.3 Å². The third kappa shape index (κ3) is 4.93. The van der Waals surface area contributed by atoms with Gasteiger partial charge in [-0.15, -0.1) is 12.4 Å². The summed E-state index contributed by atoms with van der Waals surface area (Å²) in [5.41, 5.74) is 6.61. The van der Waals surface area contributed by atoms with Gasteiger partial charge in [0.05, 0.1) is 6.54 Å². The highest BCUT2D eigenvalue weighted by Gasteiger charge is 2.33. The van der Waals surface area contributed by atoms with Crippen molar-refractivity contribution >= 4 is 18.3 Å². The zero-order valence-electron chi connectivity index (χ0n) is 13.1. The molecule has 1 amide bonds. The Morgan fingerprint density at radius 1 is 1.45 bits per heavy atom. The van der Waals surface area contributed by atoms with Gasteiger partial charge < -0.3 is 11.1 Å². The van der Waals surface area contributed by atoms with Gasteiger partial charge in [-0.1, -0.05) is 32.0 Å². The predicted octanol–water partition coefficient (Wildman–Crippen LogP) is 1.92. The van der Waals surface area contributed by atoms with E-state index in [0.29, 0.717) is 12.1 Å². The second-order valence-electron chi connectivity index (χ2n) is 6.46. The van der Waals surface area contributed by atoms with Gasteiger partial charge in [-0.3, -0.25) is 9.69 Å². The van der Waals surface area contributed by atoms with Crippen molar-refractivity contribution in [3.8, 4) is 0 Å². The fraction of sp³-hybridized carbons (Fsp3) is 0.562. The summed E-state index contributed by atoms with van der Waals surface area (Å²) >= 11 is 0. The molecule has 1 aliphatic rings. The second kappa shape index (κ2) is 7.90. The number of benzene rings is 1. The number of rotatable bonds is 4. The average Bonchev–Trinajstić information content (AvgIpc) is 2.42. The number of nitrogens with one attached hydrogen (secondary N) is 1. The Morgan fingerprint density at radius 2 is 2.14 bits per heavy atom. The van der Waals surface area contributed by atoms with Crippen LogP contribution < -0.4 is 11.1 Å². The zero-order chi connectivity index (χ0) is 15.5. The minimum Gasteiger partial charge on any atom is -0.351 e. The standard InChI is InChI=1S/C16H24FN3O.ClH/c1-16(2)11-20(8-7-14(16)18)10-15(21)19-9-12-5-3-4-6-13(12)17;/h3-6,14H,7-11,18H2,1-2H3,(H,19,21);1H. The Kier molecular flexibility index (Phi) is 6.78. The van der Waals surface area contributed by atoms with E-state index in [2.05, 4.69) is 24.1 Å². The van der Waals surface area contributed by atoms with Crippen molar-refractivity contribution in [1.82, 2.24) is 10.2 Å².